The topological polar surface area (TPSA) is 102 Å². The van der Waals surface area contributed by atoms with Crippen LogP contribution in [0.15, 0.2) is 30.5 Å². The maximum absolute atomic E-state index is 5.89. The number of nitrogens with zero attached hydrogens (tertiary/aromatic N) is 2. The van der Waals surface area contributed by atoms with Crippen molar-refractivity contribution in [3.05, 3.63) is 52.0 Å². The Morgan fingerprint density at radius 1 is 1.05 bits per heavy atom. The van der Waals surface area contributed by atoms with Gasteiger partial charge in [0.25, 0.3) is 0 Å². The molecule has 3 rings (SSSR count). The van der Waals surface area contributed by atoms with Crippen LogP contribution in [0.2, 0.25) is 0 Å². The number of hydrogen-bond acceptors (Lipinski definition) is 6. The number of nitrogen functional groups attached to an aromatic ring is 1. The molecule has 1 aromatic carbocycles. The fourth-order valence-corrected chi connectivity index (χ4v) is 2.08. The average Bonchev–Trinajstić information content (AvgIpc) is 2.41. The Hall–Kier alpha value is -2.76. The number of benzene rings is 1. The predicted octanol–water partition coefficient (Wildman–Crippen LogP) is -1.34. The zero-order valence-corrected chi connectivity index (χ0v) is 10.4. The van der Waals surface area contributed by atoms with E-state index in [2.05, 4.69) is 21.0 Å². The first kappa shape index (κ1) is 11.3. The molecule has 2 heterocycles. The molecule has 19 heavy (non-hydrogen) atoms. The van der Waals surface area contributed by atoms with E-state index < -0.39 is 0 Å². The molecule has 0 saturated heterocycles. The van der Waals surface area contributed by atoms with Crippen molar-refractivity contribution in [2.45, 2.75) is 6.92 Å². The maximum Gasteiger partial charge on any atom is 0.157 e. The summed E-state index contributed by atoms with van der Waals surface area (Å²) < 4.78 is 0. The Kier molecular flexibility index (Phi) is 2.49. The van der Waals surface area contributed by atoms with Crippen LogP contribution >= 0.6 is 0 Å². The third-order valence-electron chi connectivity index (χ3n) is 3.08. The Balaban J connectivity index is 2.36. The summed E-state index contributed by atoms with van der Waals surface area (Å²) in [7, 11) is 0. The van der Waals surface area contributed by atoms with Gasteiger partial charge in [0.05, 0.1) is 17.1 Å². The molecule has 1 aromatic heterocycles. The molecule has 6 nitrogen and oxygen atoms in total. The van der Waals surface area contributed by atoms with Crippen molar-refractivity contribution >= 4 is 17.3 Å². The molecule has 0 radical (unpaired) electrons. The largest absolute Gasteiger partial charge is 0.384 e. The van der Waals surface area contributed by atoms with Crippen molar-refractivity contribution in [3.63, 3.8) is 0 Å². The normalized spacial score (nSPS) is 13.5. The molecule has 0 amide bonds. The first-order chi connectivity index (χ1) is 9.16. The van der Waals surface area contributed by atoms with Crippen molar-refractivity contribution in [1.82, 2.24) is 21.0 Å². The number of nitrogens with two attached hydrogens (primary N) is 2. The second-order valence-corrected chi connectivity index (χ2v) is 4.42. The van der Waals surface area contributed by atoms with E-state index in [9.17, 15) is 0 Å². The van der Waals surface area contributed by atoms with Crippen LogP contribution in [-0.4, -0.2) is 10.2 Å². The minimum absolute atomic E-state index is 0.314. The zero-order valence-electron chi connectivity index (χ0n) is 10.4. The molecule has 2 aromatic rings. The lowest BCUT2D eigenvalue weighted by molar-refractivity contribution is 0.776. The maximum atomic E-state index is 5.89. The van der Waals surface area contributed by atoms with Gasteiger partial charge in [-0.2, -0.15) is 5.10 Å². The van der Waals surface area contributed by atoms with E-state index in [0.717, 1.165) is 16.5 Å². The molecule has 1 aliphatic rings. The van der Waals surface area contributed by atoms with Crippen LogP contribution in [-0.2, 0) is 0 Å². The third-order valence-corrected chi connectivity index (χ3v) is 3.08. The van der Waals surface area contributed by atoms with E-state index in [4.69, 9.17) is 11.5 Å². The second kappa shape index (κ2) is 4.16. The van der Waals surface area contributed by atoms with Crippen molar-refractivity contribution in [1.29, 1.82) is 0 Å². The Morgan fingerprint density at radius 2 is 1.79 bits per heavy atom. The van der Waals surface area contributed by atoms with Gasteiger partial charge in [0.2, 0.25) is 0 Å². The molecular weight excluding hydrogens is 240 g/mol. The Morgan fingerprint density at radius 3 is 2.53 bits per heavy atom. The van der Waals surface area contributed by atoms with E-state index in [1.54, 1.807) is 6.20 Å². The van der Waals surface area contributed by atoms with E-state index in [1.165, 1.54) is 5.56 Å². The SMILES string of the molecule is Cc1ccc(C2=c3cnnc(N)c3=C(N)NN2)cc1. The predicted molar refractivity (Wildman–Crippen MR) is 73.3 cm³/mol. The van der Waals surface area contributed by atoms with E-state index in [0.29, 0.717) is 16.9 Å². The second-order valence-electron chi connectivity index (χ2n) is 4.42. The van der Waals surface area contributed by atoms with Gasteiger partial charge in [-0.25, -0.2) is 0 Å². The van der Waals surface area contributed by atoms with Gasteiger partial charge in [0.15, 0.2) is 5.82 Å². The molecule has 0 atom stereocenters. The molecule has 0 aliphatic carbocycles. The van der Waals surface area contributed by atoms with E-state index >= 15 is 0 Å². The minimum atomic E-state index is 0.314. The standard InChI is InChI=1S/C13H14N6/c1-7-2-4-8(5-3-7)11-9-6-16-18-12(14)10(9)13(15)19-17-11/h2-6,17,19H,15H2,1H3,(H2,14,18). The molecule has 6 heteroatoms. The highest BCUT2D eigenvalue weighted by molar-refractivity contribution is 5.68. The molecule has 0 bridgehead atoms. The van der Waals surface area contributed by atoms with E-state index in [-0.39, 0.29) is 0 Å². The summed E-state index contributed by atoms with van der Waals surface area (Å²) in [6, 6.07) is 8.15. The lowest BCUT2D eigenvalue weighted by atomic mass is 10.1. The summed E-state index contributed by atoms with van der Waals surface area (Å²) in [4.78, 5) is 0. The van der Waals surface area contributed by atoms with Crippen LogP contribution in [0.1, 0.15) is 11.1 Å². The molecule has 0 saturated carbocycles. The highest BCUT2D eigenvalue weighted by Gasteiger charge is 2.12. The number of anilines is 1. The number of hydrazine groups is 1. The van der Waals surface area contributed by atoms with Crippen molar-refractivity contribution < 1.29 is 0 Å². The van der Waals surface area contributed by atoms with Crippen molar-refractivity contribution in [2.24, 2.45) is 5.73 Å². The average molecular weight is 254 g/mol. The fraction of sp³-hybridized carbons (Fsp3) is 0.0769. The quantitative estimate of drug-likeness (QED) is 0.502. The number of nitrogens with one attached hydrogen (secondary N) is 2. The Bertz CT molecular complexity index is 748. The lowest BCUT2D eigenvalue weighted by Gasteiger charge is -2.19. The lowest BCUT2D eigenvalue weighted by Crippen LogP contribution is -2.51. The summed E-state index contributed by atoms with van der Waals surface area (Å²) in [5.74, 6) is 0.756. The fourth-order valence-electron chi connectivity index (χ4n) is 2.08. The summed E-state index contributed by atoms with van der Waals surface area (Å²) in [6.45, 7) is 2.05. The zero-order chi connectivity index (χ0) is 13.4. The monoisotopic (exact) mass is 254 g/mol. The molecule has 0 fully saturated rings. The minimum Gasteiger partial charge on any atom is -0.384 e. The number of rotatable bonds is 1. The van der Waals surface area contributed by atoms with Crippen LogP contribution in [0.4, 0.5) is 5.82 Å². The molecule has 96 valence electrons. The van der Waals surface area contributed by atoms with Gasteiger partial charge in [-0.3, -0.25) is 10.9 Å². The first-order valence-electron chi connectivity index (χ1n) is 5.87. The summed E-state index contributed by atoms with van der Waals surface area (Å²) in [6.07, 6.45) is 1.65. The first-order valence-corrected chi connectivity index (χ1v) is 5.87. The van der Waals surface area contributed by atoms with Gasteiger partial charge in [0.1, 0.15) is 5.82 Å². The highest BCUT2D eigenvalue weighted by atomic mass is 15.4. The third kappa shape index (κ3) is 1.83. The van der Waals surface area contributed by atoms with Gasteiger partial charge >= 0.3 is 0 Å². The van der Waals surface area contributed by atoms with Crippen LogP contribution in [0.3, 0.4) is 0 Å². The Labute approximate surface area is 109 Å². The number of aryl methyl sites for hydroxylation is 1. The van der Waals surface area contributed by atoms with Crippen LogP contribution < -0.4 is 32.8 Å². The molecule has 6 N–H and O–H groups in total. The van der Waals surface area contributed by atoms with Crippen molar-refractivity contribution in [2.75, 3.05) is 5.73 Å². The number of hydrogen-bond donors (Lipinski definition) is 4. The van der Waals surface area contributed by atoms with E-state index in [1.807, 2.05) is 31.2 Å². The molecule has 0 spiro atoms. The van der Waals surface area contributed by atoms with Crippen molar-refractivity contribution in [3.8, 4) is 0 Å². The number of fused-ring (bicyclic) bond motifs is 1. The molecule has 1 aliphatic heterocycles. The number of aromatic nitrogens is 2. The molecular formula is C13H14N6. The van der Waals surface area contributed by atoms with Crippen LogP contribution in [0, 0.1) is 6.92 Å². The van der Waals surface area contributed by atoms with Gasteiger partial charge in [-0.05, 0) is 6.92 Å². The van der Waals surface area contributed by atoms with Crippen LogP contribution in [0.25, 0.3) is 11.5 Å². The van der Waals surface area contributed by atoms with Gasteiger partial charge < -0.3 is 11.5 Å². The highest BCUT2D eigenvalue weighted by Crippen LogP contribution is 2.10. The van der Waals surface area contributed by atoms with Gasteiger partial charge in [-0.1, -0.05) is 29.8 Å². The van der Waals surface area contributed by atoms with Gasteiger partial charge in [0, 0.05) is 10.8 Å². The summed E-state index contributed by atoms with van der Waals surface area (Å²) in [5, 5.41) is 9.25. The smallest absolute Gasteiger partial charge is 0.157 e. The molecule has 0 unspecified atom stereocenters. The summed E-state index contributed by atoms with van der Waals surface area (Å²) in [5.41, 5.74) is 20.8. The van der Waals surface area contributed by atoms with Crippen LogP contribution in [0.5, 0.6) is 0 Å². The summed E-state index contributed by atoms with van der Waals surface area (Å²) >= 11 is 0. The van der Waals surface area contributed by atoms with Gasteiger partial charge in [-0.15, -0.1) is 5.10 Å².